The van der Waals surface area contributed by atoms with Crippen LogP contribution in [-0.2, 0) is 21.4 Å². The molecule has 1 aromatic carbocycles. The average molecular weight is 460 g/mol. The first-order chi connectivity index (χ1) is 14.8. The Morgan fingerprint density at radius 3 is 2.50 bits per heavy atom. The van der Waals surface area contributed by atoms with E-state index in [2.05, 4.69) is 59.7 Å². The number of hydrogen-bond donors (Lipinski definition) is 1. The zero-order valence-electron chi connectivity index (χ0n) is 20.4. The van der Waals surface area contributed by atoms with Gasteiger partial charge in [-0.2, -0.15) is 0 Å². The van der Waals surface area contributed by atoms with E-state index >= 15 is 0 Å². The van der Waals surface area contributed by atoms with E-state index in [1.165, 1.54) is 5.57 Å². The normalized spacial score (nSPS) is 26.6. The van der Waals surface area contributed by atoms with Gasteiger partial charge in [0.15, 0.2) is 0 Å². The van der Waals surface area contributed by atoms with Gasteiger partial charge < -0.3 is 10.0 Å². The van der Waals surface area contributed by atoms with Gasteiger partial charge >= 0.3 is 5.97 Å². The molecule has 0 saturated heterocycles. The van der Waals surface area contributed by atoms with Crippen LogP contribution in [0.4, 0.5) is 0 Å². The number of nitrogens with zero attached hydrogens (tertiary/aromatic N) is 1. The molecule has 176 valence electrons. The average Bonchev–Trinajstić information content (AvgIpc) is 3.16. The number of amides is 1. The molecule has 0 bridgehead atoms. The number of carboxylic acid groups (broad SMARTS) is 1. The Bertz CT molecular complexity index is 914. The summed E-state index contributed by atoms with van der Waals surface area (Å²) in [5.41, 5.74) is 3.26. The molecule has 5 heteroatoms. The summed E-state index contributed by atoms with van der Waals surface area (Å²) in [5, 5.41) is 10.1. The van der Waals surface area contributed by atoms with Crippen LogP contribution in [0.5, 0.6) is 0 Å². The van der Waals surface area contributed by atoms with Crippen molar-refractivity contribution in [3.05, 3.63) is 46.1 Å². The highest BCUT2D eigenvalue weighted by atomic mass is 35.5. The number of halogens is 1. The van der Waals surface area contributed by atoms with Gasteiger partial charge in [0.25, 0.3) is 0 Å². The van der Waals surface area contributed by atoms with Gasteiger partial charge in [0.1, 0.15) is 0 Å². The van der Waals surface area contributed by atoms with Crippen molar-refractivity contribution in [2.45, 2.75) is 91.5 Å². The summed E-state index contributed by atoms with van der Waals surface area (Å²) in [4.78, 5) is 26.5. The van der Waals surface area contributed by atoms with Crippen LogP contribution >= 0.6 is 11.6 Å². The summed E-state index contributed by atoms with van der Waals surface area (Å²) in [6.07, 6.45) is 6.31. The minimum Gasteiger partial charge on any atom is -0.481 e. The molecule has 3 rings (SSSR count). The zero-order chi connectivity index (χ0) is 23.8. The molecule has 0 aromatic heterocycles. The number of allylic oxidation sites excluding steroid dienone is 1. The zero-order valence-corrected chi connectivity index (χ0v) is 21.1. The SMILES string of the molecule is CC(C)C1=CN([C@@H]2CC[C@@H](C(=O)O)C2)C(=O)C[C@@]1(C)c1ccc(CCC(C)(C)C)c(Cl)c1. The van der Waals surface area contributed by atoms with Crippen molar-refractivity contribution in [3.63, 3.8) is 0 Å². The van der Waals surface area contributed by atoms with Crippen LogP contribution in [0, 0.1) is 17.3 Å². The first-order valence-corrected chi connectivity index (χ1v) is 12.2. The summed E-state index contributed by atoms with van der Waals surface area (Å²) >= 11 is 6.71. The van der Waals surface area contributed by atoms with Gasteiger partial charge in [0.05, 0.1) is 5.92 Å². The molecule has 2 aliphatic rings. The Kier molecular flexibility index (Phi) is 7.14. The van der Waals surface area contributed by atoms with Gasteiger partial charge in [-0.15, -0.1) is 0 Å². The minimum atomic E-state index is -0.754. The summed E-state index contributed by atoms with van der Waals surface area (Å²) < 4.78 is 0. The molecule has 1 heterocycles. The second kappa shape index (κ2) is 9.21. The van der Waals surface area contributed by atoms with Crippen molar-refractivity contribution in [1.29, 1.82) is 0 Å². The monoisotopic (exact) mass is 459 g/mol. The van der Waals surface area contributed by atoms with E-state index in [0.717, 1.165) is 35.4 Å². The molecule has 1 aliphatic carbocycles. The number of aliphatic carboxylic acids is 1. The third kappa shape index (κ3) is 5.22. The molecule has 0 unspecified atom stereocenters. The van der Waals surface area contributed by atoms with Crippen LogP contribution in [0.15, 0.2) is 30.0 Å². The molecule has 1 saturated carbocycles. The van der Waals surface area contributed by atoms with Crippen molar-refractivity contribution in [1.82, 2.24) is 4.90 Å². The number of benzene rings is 1. The van der Waals surface area contributed by atoms with Crippen LogP contribution in [-0.4, -0.2) is 27.9 Å². The molecule has 32 heavy (non-hydrogen) atoms. The molecule has 1 amide bonds. The number of hydrogen-bond acceptors (Lipinski definition) is 2. The predicted molar refractivity (Wildman–Crippen MR) is 130 cm³/mol. The molecule has 1 N–H and O–H groups in total. The van der Waals surface area contributed by atoms with E-state index < -0.39 is 11.4 Å². The summed E-state index contributed by atoms with van der Waals surface area (Å²) in [5.74, 6) is -0.778. The fourth-order valence-corrected chi connectivity index (χ4v) is 5.54. The van der Waals surface area contributed by atoms with Gasteiger partial charge in [-0.05, 0) is 66.2 Å². The molecule has 1 aromatic rings. The van der Waals surface area contributed by atoms with Crippen molar-refractivity contribution in [2.24, 2.45) is 17.3 Å². The van der Waals surface area contributed by atoms with Gasteiger partial charge in [0, 0.05) is 29.1 Å². The molecule has 4 nitrogen and oxygen atoms in total. The van der Waals surface area contributed by atoms with Gasteiger partial charge in [-0.3, -0.25) is 9.59 Å². The number of carboxylic acids is 1. The maximum atomic E-state index is 13.3. The van der Waals surface area contributed by atoms with E-state index in [9.17, 15) is 14.7 Å². The maximum Gasteiger partial charge on any atom is 0.306 e. The number of rotatable bonds is 6. The molecule has 1 fully saturated rings. The lowest BCUT2D eigenvalue weighted by molar-refractivity contribution is -0.142. The number of aryl methyl sites for hydroxylation is 1. The van der Waals surface area contributed by atoms with E-state index in [0.29, 0.717) is 19.3 Å². The lowest BCUT2D eigenvalue weighted by Gasteiger charge is -2.43. The quantitative estimate of drug-likeness (QED) is 0.521. The van der Waals surface area contributed by atoms with E-state index in [-0.39, 0.29) is 29.2 Å². The highest BCUT2D eigenvalue weighted by Gasteiger charge is 2.44. The van der Waals surface area contributed by atoms with E-state index in [4.69, 9.17) is 11.6 Å². The molecule has 3 atom stereocenters. The van der Waals surface area contributed by atoms with Crippen LogP contribution in [0.3, 0.4) is 0 Å². The van der Waals surface area contributed by atoms with Crippen molar-refractivity contribution in [2.75, 3.05) is 0 Å². The summed E-state index contributed by atoms with van der Waals surface area (Å²) in [7, 11) is 0. The topological polar surface area (TPSA) is 57.6 Å². The van der Waals surface area contributed by atoms with Crippen molar-refractivity contribution >= 4 is 23.5 Å². The standard InChI is InChI=1S/C27H38ClNO3/c1-17(2)22-16-29(21-10-8-19(13-21)25(31)32)24(30)15-27(22,6)20-9-7-18(23(28)14-20)11-12-26(3,4)5/h7,9,14,16-17,19,21H,8,10-13,15H2,1-6H3,(H,31,32)/t19-,21-,27+/m1/s1. The van der Waals surface area contributed by atoms with Crippen molar-refractivity contribution in [3.8, 4) is 0 Å². The fraction of sp³-hybridized carbons (Fsp3) is 0.630. The third-order valence-electron chi connectivity index (χ3n) is 7.31. The molecular weight excluding hydrogens is 422 g/mol. The third-order valence-corrected chi connectivity index (χ3v) is 7.66. The molecule has 0 radical (unpaired) electrons. The molecular formula is C27H38ClNO3. The van der Waals surface area contributed by atoms with E-state index in [1.807, 2.05) is 11.1 Å². The first kappa shape index (κ1) is 24.8. The van der Waals surface area contributed by atoms with Gasteiger partial charge in [0.2, 0.25) is 5.91 Å². The Morgan fingerprint density at radius 2 is 1.97 bits per heavy atom. The lowest BCUT2D eigenvalue weighted by atomic mass is 9.68. The summed E-state index contributed by atoms with van der Waals surface area (Å²) in [6, 6.07) is 6.29. The minimum absolute atomic E-state index is 0.0229. The van der Waals surface area contributed by atoms with Gasteiger partial charge in [-0.1, -0.05) is 65.3 Å². The number of carbonyl (C=O) groups is 2. The van der Waals surface area contributed by atoms with Gasteiger partial charge in [-0.25, -0.2) is 0 Å². The lowest BCUT2D eigenvalue weighted by Crippen LogP contribution is -2.45. The Labute approximate surface area is 198 Å². The van der Waals surface area contributed by atoms with Crippen LogP contribution in [0.2, 0.25) is 5.02 Å². The molecule has 1 aliphatic heterocycles. The second-order valence-electron chi connectivity index (χ2n) is 11.4. The van der Waals surface area contributed by atoms with E-state index in [1.54, 1.807) is 0 Å². The Hall–Kier alpha value is -1.81. The molecule has 0 spiro atoms. The predicted octanol–water partition coefficient (Wildman–Crippen LogP) is 6.60. The highest BCUT2D eigenvalue weighted by Crippen LogP contribution is 2.45. The Morgan fingerprint density at radius 1 is 1.28 bits per heavy atom. The smallest absolute Gasteiger partial charge is 0.306 e. The Balaban J connectivity index is 1.90. The van der Waals surface area contributed by atoms with Crippen LogP contribution < -0.4 is 0 Å². The largest absolute Gasteiger partial charge is 0.481 e. The maximum absolute atomic E-state index is 13.3. The first-order valence-electron chi connectivity index (χ1n) is 11.9. The highest BCUT2D eigenvalue weighted by molar-refractivity contribution is 6.31. The summed E-state index contributed by atoms with van der Waals surface area (Å²) in [6.45, 7) is 13.2. The van der Waals surface area contributed by atoms with Crippen LogP contribution in [0.1, 0.15) is 84.8 Å². The fourth-order valence-electron chi connectivity index (χ4n) is 5.26. The second-order valence-corrected chi connectivity index (χ2v) is 11.8. The van der Waals surface area contributed by atoms with Crippen LogP contribution in [0.25, 0.3) is 0 Å². The number of carbonyl (C=O) groups excluding carboxylic acids is 1. The van der Waals surface area contributed by atoms with Crippen molar-refractivity contribution < 1.29 is 14.7 Å².